The predicted molar refractivity (Wildman–Crippen MR) is 77.3 cm³/mol. The van der Waals surface area contributed by atoms with Gasteiger partial charge >= 0.3 is 0 Å². The number of hydrogen-bond acceptors (Lipinski definition) is 4. The summed E-state index contributed by atoms with van der Waals surface area (Å²) in [7, 11) is 0. The van der Waals surface area contributed by atoms with Gasteiger partial charge in [-0.15, -0.1) is 0 Å². The summed E-state index contributed by atoms with van der Waals surface area (Å²) in [6.07, 6.45) is 1.59. The molecule has 0 aliphatic heterocycles. The summed E-state index contributed by atoms with van der Waals surface area (Å²) in [5.41, 5.74) is 8.01. The van der Waals surface area contributed by atoms with Gasteiger partial charge in [0.1, 0.15) is 24.1 Å². The minimum Gasteiger partial charge on any atom is -0.489 e. The highest BCUT2D eigenvalue weighted by atomic mass is 35.5. The first-order valence-corrected chi connectivity index (χ1v) is 6.51. The van der Waals surface area contributed by atoms with Crippen molar-refractivity contribution >= 4 is 11.6 Å². The number of ether oxygens (including phenoxy) is 1. The maximum absolute atomic E-state index is 8.81. The van der Waals surface area contributed by atoms with Gasteiger partial charge in [-0.3, -0.25) is 0 Å². The second kappa shape index (κ2) is 6.38. The van der Waals surface area contributed by atoms with Crippen LogP contribution in [0.1, 0.15) is 29.8 Å². The van der Waals surface area contributed by atoms with Crippen molar-refractivity contribution < 1.29 is 4.74 Å². The molecule has 0 aliphatic carbocycles. The molecule has 0 spiro atoms. The first-order valence-electron chi connectivity index (χ1n) is 6.13. The van der Waals surface area contributed by atoms with E-state index >= 15 is 0 Å². The van der Waals surface area contributed by atoms with Crippen LogP contribution in [0, 0.1) is 11.3 Å². The Labute approximate surface area is 122 Å². The molecule has 1 aromatic heterocycles. The molecule has 1 aromatic carbocycles. The molecule has 4 nitrogen and oxygen atoms in total. The van der Waals surface area contributed by atoms with E-state index in [0.717, 1.165) is 11.1 Å². The highest BCUT2D eigenvalue weighted by molar-refractivity contribution is 6.30. The molecule has 20 heavy (non-hydrogen) atoms. The van der Waals surface area contributed by atoms with Crippen LogP contribution < -0.4 is 10.5 Å². The third-order valence-electron chi connectivity index (χ3n) is 2.80. The van der Waals surface area contributed by atoms with Gasteiger partial charge in [0.2, 0.25) is 0 Å². The van der Waals surface area contributed by atoms with Crippen LogP contribution in [0.25, 0.3) is 0 Å². The van der Waals surface area contributed by atoms with Gasteiger partial charge in [-0.05, 0) is 42.8 Å². The largest absolute Gasteiger partial charge is 0.489 e. The first-order chi connectivity index (χ1) is 9.60. The van der Waals surface area contributed by atoms with E-state index in [2.05, 4.69) is 4.98 Å². The maximum Gasteiger partial charge on any atom is 0.140 e. The van der Waals surface area contributed by atoms with Crippen LogP contribution in [0.4, 0.5) is 0 Å². The SMILES string of the molecule is CC(N)c1cc(Cl)ccc1OCc1ccnc(C#N)c1. The molecule has 0 aliphatic rings. The van der Waals surface area contributed by atoms with Crippen molar-refractivity contribution in [1.29, 1.82) is 5.26 Å². The van der Waals surface area contributed by atoms with Crippen molar-refractivity contribution in [2.75, 3.05) is 0 Å². The molecule has 1 heterocycles. The Balaban J connectivity index is 2.16. The van der Waals surface area contributed by atoms with Gasteiger partial charge in [-0.1, -0.05) is 11.6 Å². The molecule has 0 fully saturated rings. The third-order valence-corrected chi connectivity index (χ3v) is 3.03. The second-order valence-corrected chi connectivity index (χ2v) is 4.86. The number of halogens is 1. The Kier molecular flexibility index (Phi) is 4.57. The maximum atomic E-state index is 8.81. The molecule has 5 heteroatoms. The summed E-state index contributed by atoms with van der Waals surface area (Å²) in [4.78, 5) is 3.92. The lowest BCUT2D eigenvalue weighted by molar-refractivity contribution is 0.301. The number of benzene rings is 1. The third kappa shape index (κ3) is 3.47. The number of hydrogen-bond donors (Lipinski definition) is 1. The molecule has 0 amide bonds. The molecule has 2 rings (SSSR count). The summed E-state index contributed by atoms with van der Waals surface area (Å²) in [6, 6.07) is 10.7. The summed E-state index contributed by atoms with van der Waals surface area (Å²) < 4.78 is 5.76. The van der Waals surface area contributed by atoms with Crippen molar-refractivity contribution in [2.24, 2.45) is 5.73 Å². The van der Waals surface area contributed by atoms with E-state index in [1.807, 2.05) is 19.1 Å². The predicted octanol–water partition coefficient (Wildman–Crippen LogP) is 3.21. The van der Waals surface area contributed by atoms with Crippen LogP contribution in [0.2, 0.25) is 5.02 Å². The minimum absolute atomic E-state index is 0.171. The van der Waals surface area contributed by atoms with Gasteiger partial charge in [0.05, 0.1) is 0 Å². The Morgan fingerprint density at radius 3 is 2.90 bits per heavy atom. The van der Waals surface area contributed by atoms with Gasteiger partial charge < -0.3 is 10.5 Å². The number of nitrogens with zero attached hydrogens (tertiary/aromatic N) is 2. The van der Waals surface area contributed by atoms with Crippen molar-refractivity contribution in [2.45, 2.75) is 19.6 Å². The Morgan fingerprint density at radius 2 is 2.20 bits per heavy atom. The molecule has 2 N–H and O–H groups in total. The molecular formula is C15H14ClN3O. The zero-order valence-electron chi connectivity index (χ0n) is 11.0. The topological polar surface area (TPSA) is 71.9 Å². The van der Waals surface area contributed by atoms with E-state index in [1.165, 1.54) is 0 Å². The smallest absolute Gasteiger partial charge is 0.140 e. The van der Waals surface area contributed by atoms with Crippen molar-refractivity contribution in [3.05, 3.63) is 58.4 Å². The zero-order chi connectivity index (χ0) is 14.5. The normalized spacial score (nSPS) is 11.7. The van der Waals surface area contributed by atoms with E-state index in [1.54, 1.807) is 30.5 Å². The van der Waals surface area contributed by atoms with Gasteiger partial charge in [-0.2, -0.15) is 5.26 Å². The van der Waals surface area contributed by atoms with Gasteiger partial charge in [0.25, 0.3) is 0 Å². The molecular weight excluding hydrogens is 274 g/mol. The number of nitrogens with two attached hydrogens (primary N) is 1. The zero-order valence-corrected chi connectivity index (χ0v) is 11.8. The van der Waals surface area contributed by atoms with Crippen LogP contribution in [-0.2, 0) is 6.61 Å². The first kappa shape index (κ1) is 14.3. The Morgan fingerprint density at radius 1 is 1.40 bits per heavy atom. The molecule has 102 valence electrons. The Bertz CT molecular complexity index is 650. The van der Waals surface area contributed by atoms with E-state index in [-0.39, 0.29) is 6.04 Å². The van der Waals surface area contributed by atoms with Crippen LogP contribution >= 0.6 is 11.6 Å². The highest BCUT2D eigenvalue weighted by Gasteiger charge is 2.09. The average molecular weight is 288 g/mol. The molecule has 0 bridgehead atoms. The Hall–Kier alpha value is -2.09. The number of pyridine rings is 1. The van der Waals surface area contributed by atoms with Crippen molar-refractivity contribution in [3.8, 4) is 11.8 Å². The van der Waals surface area contributed by atoms with Crippen LogP contribution in [-0.4, -0.2) is 4.98 Å². The highest BCUT2D eigenvalue weighted by Crippen LogP contribution is 2.27. The average Bonchev–Trinajstić information content (AvgIpc) is 2.46. The van der Waals surface area contributed by atoms with E-state index in [0.29, 0.717) is 23.1 Å². The fourth-order valence-corrected chi connectivity index (χ4v) is 1.97. The van der Waals surface area contributed by atoms with Gasteiger partial charge in [0.15, 0.2) is 0 Å². The summed E-state index contributed by atoms with van der Waals surface area (Å²) in [6.45, 7) is 2.22. The lowest BCUT2D eigenvalue weighted by Crippen LogP contribution is -2.08. The molecule has 1 atom stereocenters. The standard InChI is InChI=1S/C15H14ClN3O/c1-10(18)14-7-12(16)2-3-15(14)20-9-11-4-5-19-13(6-11)8-17/h2-7,10H,9,18H2,1H3. The number of rotatable bonds is 4. The molecule has 0 saturated heterocycles. The molecule has 0 radical (unpaired) electrons. The fraction of sp³-hybridized carbons (Fsp3) is 0.200. The van der Waals surface area contributed by atoms with E-state index in [9.17, 15) is 0 Å². The van der Waals surface area contributed by atoms with Gasteiger partial charge in [0, 0.05) is 22.8 Å². The fourth-order valence-electron chi connectivity index (χ4n) is 1.79. The van der Waals surface area contributed by atoms with Crippen molar-refractivity contribution in [3.63, 3.8) is 0 Å². The van der Waals surface area contributed by atoms with E-state index < -0.39 is 0 Å². The summed E-state index contributed by atoms with van der Waals surface area (Å²) in [5, 5.41) is 9.44. The van der Waals surface area contributed by atoms with Crippen LogP contribution in [0.3, 0.4) is 0 Å². The molecule has 0 saturated carbocycles. The molecule has 2 aromatic rings. The monoisotopic (exact) mass is 287 g/mol. The van der Waals surface area contributed by atoms with Crippen molar-refractivity contribution in [1.82, 2.24) is 4.98 Å². The van der Waals surface area contributed by atoms with Crippen LogP contribution in [0.15, 0.2) is 36.5 Å². The quantitative estimate of drug-likeness (QED) is 0.937. The lowest BCUT2D eigenvalue weighted by Gasteiger charge is -2.14. The summed E-state index contributed by atoms with van der Waals surface area (Å²) in [5.74, 6) is 0.694. The lowest BCUT2D eigenvalue weighted by atomic mass is 10.1. The second-order valence-electron chi connectivity index (χ2n) is 4.42. The molecule has 1 unspecified atom stereocenters. The number of nitriles is 1. The summed E-state index contributed by atoms with van der Waals surface area (Å²) >= 11 is 5.96. The van der Waals surface area contributed by atoms with Gasteiger partial charge in [-0.25, -0.2) is 4.98 Å². The minimum atomic E-state index is -0.171. The van der Waals surface area contributed by atoms with Crippen LogP contribution in [0.5, 0.6) is 5.75 Å². The number of aromatic nitrogens is 1. The van der Waals surface area contributed by atoms with E-state index in [4.69, 9.17) is 27.3 Å².